The predicted octanol–water partition coefficient (Wildman–Crippen LogP) is 1.54. The number of sulfonamides is 1. The van der Waals surface area contributed by atoms with Crippen LogP contribution < -0.4 is 10.9 Å². The van der Waals surface area contributed by atoms with Crippen LogP contribution in [0.5, 0.6) is 0 Å². The van der Waals surface area contributed by atoms with E-state index in [-0.39, 0.29) is 30.1 Å². The number of aromatic nitrogens is 3. The van der Waals surface area contributed by atoms with Gasteiger partial charge in [-0.15, -0.1) is 0 Å². The van der Waals surface area contributed by atoms with Crippen molar-refractivity contribution in [1.82, 2.24) is 18.8 Å². The van der Waals surface area contributed by atoms with Crippen LogP contribution in [0.4, 0.5) is 14.7 Å². The number of pyridine rings is 1. The van der Waals surface area contributed by atoms with E-state index < -0.39 is 44.7 Å². The van der Waals surface area contributed by atoms with E-state index >= 15 is 0 Å². The van der Waals surface area contributed by atoms with Crippen molar-refractivity contribution in [3.8, 4) is 0 Å². The first kappa shape index (κ1) is 24.0. The van der Waals surface area contributed by atoms with Crippen LogP contribution in [0, 0.1) is 0 Å². The molecular weight excluding hydrogens is 455 g/mol. The van der Waals surface area contributed by atoms with Gasteiger partial charge in [0.1, 0.15) is 13.5 Å². The van der Waals surface area contributed by atoms with E-state index in [0.717, 1.165) is 16.9 Å². The number of alkyl halides is 2. The highest BCUT2D eigenvalue weighted by atomic mass is 32.2. The molecular formula is C20H26BF2N5O4S. The van der Waals surface area contributed by atoms with E-state index in [2.05, 4.69) is 15.3 Å². The lowest BCUT2D eigenvalue weighted by molar-refractivity contribution is 0.0261. The second-order valence-electron chi connectivity index (χ2n) is 9.26. The Balaban J connectivity index is 1.73. The first-order valence-corrected chi connectivity index (χ1v) is 12.6. The minimum Gasteiger partial charge on any atom is -0.388 e. The van der Waals surface area contributed by atoms with Crippen LogP contribution in [0.15, 0.2) is 17.1 Å². The quantitative estimate of drug-likeness (QED) is 0.623. The number of nitrogens with zero attached hydrogens (tertiary/aromatic N) is 4. The smallest absolute Gasteiger partial charge is 0.269 e. The zero-order valence-corrected chi connectivity index (χ0v) is 19.3. The number of halogens is 2. The number of fused-ring (bicyclic) bond motifs is 1. The molecule has 13 heteroatoms. The minimum atomic E-state index is -3.32. The molecule has 1 aliphatic carbocycles. The first-order chi connectivity index (χ1) is 15.3. The first-order valence-electron chi connectivity index (χ1n) is 10.8. The number of hydrogen-bond acceptors (Lipinski definition) is 7. The van der Waals surface area contributed by atoms with Gasteiger partial charge >= 0.3 is 0 Å². The molecule has 1 saturated heterocycles. The molecule has 0 aromatic carbocycles. The molecule has 3 heterocycles. The standard InChI is InChI=1S/C20H26BF2N5O4S/c1-19(30)5-3-4-14(19)28-16-12(10-13(15(22)23)17(28)29)11-24-18(25-16)26-20(21)6-8-27(9-7-20)33(2,31)32/h10-11,14-15,30H,3-9H2,1-2H3,(H,24,25,26)/t14-,19-/m1/s1. The van der Waals surface area contributed by atoms with E-state index in [9.17, 15) is 27.1 Å². The summed E-state index contributed by atoms with van der Waals surface area (Å²) in [5, 5.41) is 14.1. The van der Waals surface area contributed by atoms with Crippen LogP contribution >= 0.6 is 0 Å². The van der Waals surface area contributed by atoms with Crippen molar-refractivity contribution in [3.05, 3.63) is 28.2 Å². The average molecular weight is 481 g/mol. The third-order valence-electron chi connectivity index (χ3n) is 6.67. The van der Waals surface area contributed by atoms with Crippen LogP contribution in [-0.2, 0) is 10.0 Å². The molecule has 1 saturated carbocycles. The summed E-state index contributed by atoms with van der Waals surface area (Å²) in [5.41, 5.74) is -3.66. The largest absolute Gasteiger partial charge is 0.388 e. The topological polar surface area (TPSA) is 117 Å². The van der Waals surface area contributed by atoms with Gasteiger partial charge in [0.15, 0.2) is 0 Å². The number of hydrogen-bond donors (Lipinski definition) is 2. The van der Waals surface area contributed by atoms with Crippen LogP contribution in [0.1, 0.15) is 57.1 Å². The number of piperidine rings is 1. The SMILES string of the molecule is [B]C1(Nc2ncc3cc(C(F)F)c(=O)n([C@@H]4CCC[C@@]4(C)O)c3n2)CCN(S(C)(=O)=O)CC1. The zero-order chi connectivity index (χ0) is 24.2. The summed E-state index contributed by atoms with van der Waals surface area (Å²) >= 11 is 0. The molecule has 2 radical (unpaired) electrons. The summed E-state index contributed by atoms with van der Waals surface area (Å²) in [7, 11) is 3.09. The van der Waals surface area contributed by atoms with Crippen LogP contribution in [0.25, 0.3) is 11.0 Å². The molecule has 2 aromatic heterocycles. The van der Waals surface area contributed by atoms with Crippen molar-refractivity contribution < 1.29 is 22.3 Å². The van der Waals surface area contributed by atoms with E-state index in [1.165, 1.54) is 10.5 Å². The molecule has 33 heavy (non-hydrogen) atoms. The Morgan fingerprint density at radius 1 is 1.30 bits per heavy atom. The van der Waals surface area contributed by atoms with Gasteiger partial charge in [-0.1, -0.05) is 0 Å². The van der Waals surface area contributed by atoms with Crippen molar-refractivity contribution in [3.63, 3.8) is 0 Å². The Bertz CT molecular complexity index is 1230. The van der Waals surface area contributed by atoms with Gasteiger partial charge in [-0.05, 0) is 45.1 Å². The second kappa shape index (κ2) is 8.28. The molecule has 2 N–H and O–H groups in total. The third kappa shape index (κ3) is 4.62. The lowest BCUT2D eigenvalue weighted by atomic mass is 9.71. The van der Waals surface area contributed by atoms with E-state index in [4.69, 9.17) is 7.85 Å². The summed E-state index contributed by atoms with van der Waals surface area (Å²) in [6, 6.07) is 0.369. The molecule has 178 valence electrons. The Kier molecular flexibility index (Phi) is 6.03. The highest BCUT2D eigenvalue weighted by molar-refractivity contribution is 7.88. The summed E-state index contributed by atoms with van der Waals surface area (Å²) in [4.78, 5) is 21.6. The number of aliphatic hydroxyl groups is 1. The van der Waals surface area contributed by atoms with Crippen LogP contribution in [-0.4, -0.2) is 70.6 Å². The monoisotopic (exact) mass is 481 g/mol. The van der Waals surface area contributed by atoms with Crippen molar-refractivity contribution in [2.75, 3.05) is 24.7 Å². The Morgan fingerprint density at radius 2 is 1.97 bits per heavy atom. The molecule has 2 aliphatic rings. The molecule has 2 atom stereocenters. The highest BCUT2D eigenvalue weighted by Crippen LogP contribution is 2.40. The molecule has 9 nitrogen and oxygen atoms in total. The molecule has 0 unspecified atom stereocenters. The van der Waals surface area contributed by atoms with Gasteiger partial charge in [-0.3, -0.25) is 9.36 Å². The van der Waals surface area contributed by atoms with E-state index in [1.807, 2.05) is 0 Å². The second-order valence-corrected chi connectivity index (χ2v) is 11.2. The predicted molar refractivity (Wildman–Crippen MR) is 120 cm³/mol. The normalized spacial score (nSPS) is 26.2. The Labute approximate surface area is 191 Å². The van der Waals surface area contributed by atoms with Gasteiger partial charge in [-0.2, -0.15) is 4.98 Å². The third-order valence-corrected chi connectivity index (χ3v) is 7.97. The van der Waals surface area contributed by atoms with Crippen molar-refractivity contribution in [2.45, 2.75) is 62.5 Å². The fourth-order valence-electron chi connectivity index (χ4n) is 4.75. The van der Waals surface area contributed by atoms with Gasteiger partial charge < -0.3 is 10.4 Å². The summed E-state index contributed by atoms with van der Waals surface area (Å²) in [5.74, 6) is 0.0911. The number of anilines is 1. The maximum Gasteiger partial charge on any atom is 0.269 e. The fraction of sp³-hybridized carbons (Fsp3) is 0.650. The number of nitrogens with one attached hydrogen (secondary N) is 1. The molecule has 4 rings (SSSR count). The molecule has 1 aliphatic heterocycles. The van der Waals surface area contributed by atoms with Gasteiger partial charge in [0.05, 0.1) is 23.5 Å². The highest BCUT2D eigenvalue weighted by Gasteiger charge is 2.40. The maximum absolute atomic E-state index is 13.6. The molecule has 0 amide bonds. The lowest BCUT2D eigenvalue weighted by Gasteiger charge is -2.39. The summed E-state index contributed by atoms with van der Waals surface area (Å²) in [6.07, 6.45) is 1.62. The Morgan fingerprint density at radius 3 is 2.52 bits per heavy atom. The van der Waals surface area contributed by atoms with Crippen LogP contribution in [0.2, 0.25) is 0 Å². The van der Waals surface area contributed by atoms with Crippen LogP contribution in [0.3, 0.4) is 0 Å². The lowest BCUT2D eigenvalue weighted by Crippen LogP contribution is -2.51. The van der Waals surface area contributed by atoms with E-state index in [0.29, 0.717) is 32.1 Å². The van der Waals surface area contributed by atoms with Gasteiger partial charge in [0, 0.05) is 30.1 Å². The Hall–Kier alpha value is -2.12. The van der Waals surface area contributed by atoms with Crippen molar-refractivity contribution in [2.24, 2.45) is 0 Å². The maximum atomic E-state index is 13.6. The fourth-order valence-corrected chi connectivity index (χ4v) is 5.60. The van der Waals surface area contributed by atoms with E-state index in [1.54, 1.807) is 6.92 Å². The molecule has 2 aromatic rings. The number of rotatable bonds is 5. The summed E-state index contributed by atoms with van der Waals surface area (Å²) in [6.45, 7) is 2.04. The van der Waals surface area contributed by atoms with Crippen molar-refractivity contribution in [1.29, 1.82) is 0 Å². The zero-order valence-electron chi connectivity index (χ0n) is 18.5. The molecule has 0 spiro atoms. The average Bonchev–Trinajstić information content (AvgIpc) is 3.05. The molecule has 0 bridgehead atoms. The van der Waals surface area contributed by atoms with Gasteiger partial charge in [0.2, 0.25) is 16.0 Å². The van der Waals surface area contributed by atoms with Crippen molar-refractivity contribution >= 4 is 34.9 Å². The van der Waals surface area contributed by atoms with Gasteiger partial charge in [0.25, 0.3) is 12.0 Å². The molecule has 2 fully saturated rings. The van der Waals surface area contributed by atoms with Gasteiger partial charge in [-0.25, -0.2) is 26.5 Å². The summed E-state index contributed by atoms with van der Waals surface area (Å²) < 4.78 is 53.2. The minimum absolute atomic E-state index is 0.0911.